The Kier molecular flexibility index (Phi) is 3.41. The Morgan fingerprint density at radius 1 is 1.30 bits per heavy atom. The van der Waals surface area contributed by atoms with Crippen molar-refractivity contribution in [2.75, 3.05) is 6.54 Å². The van der Waals surface area contributed by atoms with Gasteiger partial charge in [0.15, 0.2) is 0 Å². The van der Waals surface area contributed by atoms with Gasteiger partial charge in [-0.3, -0.25) is 9.78 Å². The van der Waals surface area contributed by atoms with Gasteiger partial charge >= 0.3 is 0 Å². The number of benzene rings is 1. The van der Waals surface area contributed by atoms with Gasteiger partial charge in [-0.2, -0.15) is 0 Å². The lowest BCUT2D eigenvalue weighted by molar-refractivity contribution is 0.0954. The second-order valence-corrected chi connectivity index (χ2v) is 4.50. The van der Waals surface area contributed by atoms with Crippen LogP contribution in [0.2, 0.25) is 0 Å². The molecule has 3 aromatic rings. The molecule has 2 heterocycles. The number of amides is 1. The van der Waals surface area contributed by atoms with Crippen molar-refractivity contribution in [1.29, 1.82) is 0 Å². The summed E-state index contributed by atoms with van der Waals surface area (Å²) in [6.45, 7) is 0.589. The van der Waals surface area contributed by atoms with E-state index in [2.05, 4.69) is 20.3 Å². The Morgan fingerprint density at radius 3 is 3.10 bits per heavy atom. The van der Waals surface area contributed by atoms with Crippen LogP contribution in [0.3, 0.4) is 0 Å². The van der Waals surface area contributed by atoms with E-state index in [9.17, 15) is 4.79 Å². The molecule has 0 unspecified atom stereocenters. The van der Waals surface area contributed by atoms with Gasteiger partial charge in [-0.1, -0.05) is 6.07 Å². The van der Waals surface area contributed by atoms with Crippen LogP contribution < -0.4 is 5.32 Å². The van der Waals surface area contributed by atoms with E-state index in [0.29, 0.717) is 12.1 Å². The zero-order valence-electron chi connectivity index (χ0n) is 10.8. The maximum Gasteiger partial charge on any atom is 0.251 e. The molecule has 20 heavy (non-hydrogen) atoms. The van der Waals surface area contributed by atoms with Crippen molar-refractivity contribution in [3.8, 4) is 0 Å². The number of nitrogens with zero attached hydrogens (tertiary/aromatic N) is 2. The van der Waals surface area contributed by atoms with Crippen LogP contribution in [0.15, 0.2) is 49.1 Å². The van der Waals surface area contributed by atoms with Crippen molar-refractivity contribution in [3.63, 3.8) is 0 Å². The summed E-state index contributed by atoms with van der Waals surface area (Å²) in [5, 5.41) is 2.90. The summed E-state index contributed by atoms with van der Waals surface area (Å²) in [5.74, 6) is -0.0783. The number of imidazole rings is 1. The van der Waals surface area contributed by atoms with Gasteiger partial charge in [0.25, 0.3) is 5.91 Å². The monoisotopic (exact) mass is 266 g/mol. The molecule has 5 heteroatoms. The van der Waals surface area contributed by atoms with E-state index >= 15 is 0 Å². The molecule has 0 saturated carbocycles. The molecule has 0 spiro atoms. The molecule has 2 N–H and O–H groups in total. The number of H-pyrrole nitrogens is 1. The molecular formula is C15H14N4O. The SMILES string of the molecule is O=C(NCCc1cccnc1)c1ccc2nc[nH]c2c1. The highest BCUT2D eigenvalue weighted by Crippen LogP contribution is 2.11. The first-order valence-electron chi connectivity index (χ1n) is 6.43. The summed E-state index contributed by atoms with van der Waals surface area (Å²) >= 11 is 0. The molecule has 5 nitrogen and oxygen atoms in total. The van der Waals surface area contributed by atoms with Crippen LogP contribution in [0.25, 0.3) is 11.0 Å². The highest BCUT2D eigenvalue weighted by molar-refractivity contribution is 5.97. The minimum Gasteiger partial charge on any atom is -0.352 e. The zero-order valence-corrected chi connectivity index (χ0v) is 10.8. The molecule has 0 radical (unpaired) electrons. The number of carbonyl (C=O) groups is 1. The van der Waals surface area contributed by atoms with Crippen LogP contribution in [-0.2, 0) is 6.42 Å². The molecule has 3 rings (SSSR count). The number of aromatic amines is 1. The number of pyridine rings is 1. The standard InChI is InChI=1S/C15H14N4O/c20-15(17-7-5-11-2-1-6-16-9-11)12-3-4-13-14(8-12)19-10-18-13/h1-4,6,8-10H,5,7H2,(H,17,20)(H,18,19). The van der Waals surface area contributed by atoms with Crippen LogP contribution in [0.5, 0.6) is 0 Å². The second kappa shape index (κ2) is 5.52. The molecule has 0 aliphatic rings. The first-order valence-corrected chi connectivity index (χ1v) is 6.43. The molecule has 0 fully saturated rings. The molecule has 1 amide bonds. The van der Waals surface area contributed by atoms with E-state index in [-0.39, 0.29) is 5.91 Å². The van der Waals surface area contributed by atoms with E-state index in [4.69, 9.17) is 0 Å². The van der Waals surface area contributed by atoms with Crippen LogP contribution >= 0.6 is 0 Å². The van der Waals surface area contributed by atoms with Gasteiger partial charge in [-0.25, -0.2) is 4.98 Å². The molecular weight excluding hydrogens is 252 g/mol. The van der Waals surface area contributed by atoms with E-state index in [1.54, 1.807) is 18.6 Å². The Hall–Kier alpha value is -2.69. The second-order valence-electron chi connectivity index (χ2n) is 4.50. The van der Waals surface area contributed by atoms with Gasteiger partial charge in [0, 0.05) is 24.5 Å². The Labute approximate surface area is 116 Å². The van der Waals surface area contributed by atoms with Gasteiger partial charge in [0.05, 0.1) is 17.4 Å². The average molecular weight is 266 g/mol. The molecule has 0 aliphatic carbocycles. The minimum absolute atomic E-state index is 0.0783. The summed E-state index contributed by atoms with van der Waals surface area (Å²) in [6, 6.07) is 9.31. The van der Waals surface area contributed by atoms with Crippen molar-refractivity contribution < 1.29 is 4.79 Å². The summed E-state index contributed by atoms with van der Waals surface area (Å²) < 4.78 is 0. The predicted octanol–water partition coefficient (Wildman–Crippen LogP) is 1.93. The number of hydrogen-bond acceptors (Lipinski definition) is 3. The number of hydrogen-bond donors (Lipinski definition) is 2. The first kappa shape index (κ1) is 12.3. The third-order valence-electron chi connectivity index (χ3n) is 3.10. The lowest BCUT2D eigenvalue weighted by Gasteiger charge is -2.05. The highest BCUT2D eigenvalue weighted by Gasteiger charge is 2.06. The largest absolute Gasteiger partial charge is 0.352 e. The van der Waals surface area contributed by atoms with Crippen molar-refractivity contribution in [1.82, 2.24) is 20.3 Å². The summed E-state index contributed by atoms with van der Waals surface area (Å²) in [6.07, 6.45) is 5.94. The smallest absolute Gasteiger partial charge is 0.251 e. The van der Waals surface area contributed by atoms with Gasteiger partial charge in [0.1, 0.15) is 0 Å². The molecule has 0 atom stereocenters. The molecule has 0 bridgehead atoms. The average Bonchev–Trinajstić information content (AvgIpc) is 2.95. The van der Waals surface area contributed by atoms with Crippen LogP contribution in [0.4, 0.5) is 0 Å². The topological polar surface area (TPSA) is 70.7 Å². The predicted molar refractivity (Wildman–Crippen MR) is 76.4 cm³/mol. The lowest BCUT2D eigenvalue weighted by Crippen LogP contribution is -2.25. The van der Waals surface area contributed by atoms with E-state index in [1.807, 2.05) is 30.5 Å². The van der Waals surface area contributed by atoms with Crippen molar-refractivity contribution >= 4 is 16.9 Å². The number of aromatic nitrogens is 3. The van der Waals surface area contributed by atoms with E-state index in [0.717, 1.165) is 23.0 Å². The fraction of sp³-hybridized carbons (Fsp3) is 0.133. The summed E-state index contributed by atoms with van der Waals surface area (Å²) in [4.78, 5) is 23.2. The van der Waals surface area contributed by atoms with Crippen LogP contribution in [0.1, 0.15) is 15.9 Å². The first-order chi connectivity index (χ1) is 9.83. The highest BCUT2D eigenvalue weighted by atomic mass is 16.1. The fourth-order valence-corrected chi connectivity index (χ4v) is 2.05. The Bertz CT molecular complexity index is 721. The normalized spacial score (nSPS) is 10.6. The fourth-order valence-electron chi connectivity index (χ4n) is 2.05. The van der Waals surface area contributed by atoms with Gasteiger partial charge in [-0.05, 0) is 36.2 Å². The van der Waals surface area contributed by atoms with E-state index < -0.39 is 0 Å². The number of nitrogens with one attached hydrogen (secondary N) is 2. The van der Waals surface area contributed by atoms with Crippen molar-refractivity contribution in [3.05, 3.63) is 60.2 Å². The zero-order chi connectivity index (χ0) is 13.8. The summed E-state index contributed by atoms with van der Waals surface area (Å²) in [7, 11) is 0. The number of carbonyl (C=O) groups excluding carboxylic acids is 1. The number of rotatable bonds is 4. The quantitative estimate of drug-likeness (QED) is 0.758. The molecule has 100 valence electrons. The molecule has 1 aromatic carbocycles. The van der Waals surface area contributed by atoms with Crippen LogP contribution in [0, 0.1) is 0 Å². The molecule has 0 aliphatic heterocycles. The third kappa shape index (κ3) is 2.66. The Morgan fingerprint density at radius 2 is 2.25 bits per heavy atom. The van der Waals surface area contributed by atoms with Crippen LogP contribution in [-0.4, -0.2) is 27.4 Å². The van der Waals surface area contributed by atoms with E-state index in [1.165, 1.54) is 0 Å². The summed E-state index contributed by atoms with van der Waals surface area (Å²) in [5.41, 5.74) is 3.46. The maximum atomic E-state index is 12.0. The minimum atomic E-state index is -0.0783. The van der Waals surface area contributed by atoms with Crippen molar-refractivity contribution in [2.24, 2.45) is 0 Å². The van der Waals surface area contributed by atoms with Gasteiger partial charge < -0.3 is 10.3 Å². The van der Waals surface area contributed by atoms with Gasteiger partial charge in [0.2, 0.25) is 0 Å². The third-order valence-corrected chi connectivity index (χ3v) is 3.10. The van der Waals surface area contributed by atoms with Gasteiger partial charge in [-0.15, -0.1) is 0 Å². The Balaban J connectivity index is 1.61. The lowest BCUT2D eigenvalue weighted by atomic mass is 10.1. The molecule has 0 saturated heterocycles. The number of fused-ring (bicyclic) bond motifs is 1. The molecule has 2 aromatic heterocycles. The van der Waals surface area contributed by atoms with Crippen molar-refractivity contribution in [2.45, 2.75) is 6.42 Å². The maximum absolute atomic E-state index is 12.0.